The molecule has 1 aromatic heterocycles. The van der Waals surface area contributed by atoms with Gasteiger partial charge in [-0.05, 0) is 30.7 Å². The largest absolute Gasteiger partial charge is 0.383 e. The van der Waals surface area contributed by atoms with Gasteiger partial charge in [-0.3, -0.25) is 9.69 Å². The molecule has 0 aliphatic heterocycles. The number of benzene rings is 1. The van der Waals surface area contributed by atoms with Crippen molar-refractivity contribution in [1.82, 2.24) is 10.2 Å². The van der Waals surface area contributed by atoms with Gasteiger partial charge in [-0.15, -0.1) is 10.2 Å². The van der Waals surface area contributed by atoms with Crippen molar-refractivity contribution in [1.29, 1.82) is 0 Å². The van der Waals surface area contributed by atoms with E-state index in [0.29, 0.717) is 29.7 Å². The number of aromatic nitrogens is 2. The average molecular weight is 323 g/mol. The molecule has 5 nitrogen and oxygen atoms in total. The molecule has 0 aliphatic rings. The van der Waals surface area contributed by atoms with Crippen LogP contribution >= 0.6 is 11.3 Å². The summed E-state index contributed by atoms with van der Waals surface area (Å²) in [6.45, 7) is 2.82. The predicted octanol–water partition coefficient (Wildman–Crippen LogP) is 3.12. The van der Waals surface area contributed by atoms with Crippen LogP contribution < -0.4 is 4.90 Å². The molecule has 0 N–H and O–H groups in total. The molecular weight excluding hydrogens is 305 g/mol. The monoisotopic (exact) mass is 323 g/mol. The van der Waals surface area contributed by atoms with Crippen molar-refractivity contribution in [3.8, 4) is 10.6 Å². The Kier molecular flexibility index (Phi) is 5.97. The molecule has 2 aromatic rings. The van der Waals surface area contributed by atoms with Crippen LogP contribution in [0.25, 0.3) is 10.6 Å². The Morgan fingerprint density at radius 2 is 2.05 bits per heavy atom. The Labute approximate surface area is 132 Å². The molecule has 1 heterocycles. The molecule has 2 rings (SSSR count). The highest BCUT2D eigenvalue weighted by molar-refractivity contribution is 7.18. The molecule has 0 fully saturated rings. The Hall–Kier alpha value is -1.86. The normalized spacial score (nSPS) is 10.7. The number of hydrogen-bond acceptors (Lipinski definition) is 5. The fourth-order valence-electron chi connectivity index (χ4n) is 1.89. The predicted molar refractivity (Wildman–Crippen MR) is 84.4 cm³/mol. The average Bonchev–Trinajstić information content (AvgIpc) is 2.98. The lowest BCUT2D eigenvalue weighted by molar-refractivity contribution is -0.118. The van der Waals surface area contributed by atoms with E-state index in [2.05, 4.69) is 10.2 Å². The van der Waals surface area contributed by atoms with Crippen LogP contribution in [0.1, 0.15) is 19.8 Å². The van der Waals surface area contributed by atoms with Crippen molar-refractivity contribution in [3.63, 3.8) is 0 Å². The van der Waals surface area contributed by atoms with Gasteiger partial charge in [-0.2, -0.15) is 0 Å². The van der Waals surface area contributed by atoms with E-state index in [1.807, 2.05) is 6.92 Å². The van der Waals surface area contributed by atoms with Crippen molar-refractivity contribution in [2.45, 2.75) is 19.8 Å². The summed E-state index contributed by atoms with van der Waals surface area (Å²) in [4.78, 5) is 13.8. The van der Waals surface area contributed by atoms with Gasteiger partial charge in [-0.25, -0.2) is 4.39 Å². The van der Waals surface area contributed by atoms with Crippen molar-refractivity contribution < 1.29 is 13.9 Å². The van der Waals surface area contributed by atoms with Gasteiger partial charge in [0.2, 0.25) is 11.0 Å². The first kappa shape index (κ1) is 16.5. The third-order valence-electron chi connectivity index (χ3n) is 3.02. The number of rotatable bonds is 7. The molecule has 0 unspecified atom stereocenters. The summed E-state index contributed by atoms with van der Waals surface area (Å²) in [5.74, 6) is -0.297. The third-order valence-corrected chi connectivity index (χ3v) is 4.02. The smallest absolute Gasteiger partial charge is 0.228 e. The Balaban J connectivity index is 2.21. The third kappa shape index (κ3) is 4.08. The Bertz CT molecular complexity index is 616. The summed E-state index contributed by atoms with van der Waals surface area (Å²) in [5.41, 5.74) is 0.778. The number of carbonyl (C=O) groups is 1. The number of nitrogens with zero attached hydrogens (tertiary/aromatic N) is 3. The number of amides is 1. The summed E-state index contributed by atoms with van der Waals surface area (Å²) in [7, 11) is 1.59. The van der Waals surface area contributed by atoms with Gasteiger partial charge >= 0.3 is 0 Å². The quantitative estimate of drug-likeness (QED) is 0.785. The van der Waals surface area contributed by atoms with Crippen LogP contribution in [-0.4, -0.2) is 36.4 Å². The van der Waals surface area contributed by atoms with Crippen molar-refractivity contribution in [2.24, 2.45) is 0 Å². The minimum atomic E-state index is -0.298. The van der Waals surface area contributed by atoms with E-state index in [4.69, 9.17) is 4.74 Å². The summed E-state index contributed by atoms with van der Waals surface area (Å²) >= 11 is 1.31. The van der Waals surface area contributed by atoms with Crippen LogP contribution in [0.5, 0.6) is 0 Å². The lowest BCUT2D eigenvalue weighted by Gasteiger charge is -2.18. The molecule has 0 spiro atoms. The molecule has 0 saturated carbocycles. The highest BCUT2D eigenvalue weighted by Gasteiger charge is 2.19. The van der Waals surface area contributed by atoms with E-state index in [1.165, 1.54) is 23.5 Å². The zero-order valence-corrected chi connectivity index (χ0v) is 13.4. The van der Waals surface area contributed by atoms with Crippen LogP contribution in [0, 0.1) is 5.82 Å². The second-order valence-electron chi connectivity index (χ2n) is 4.68. The molecule has 0 radical (unpaired) electrons. The van der Waals surface area contributed by atoms with Crippen LogP contribution in [0.2, 0.25) is 0 Å². The first-order valence-electron chi connectivity index (χ1n) is 7.04. The maximum atomic E-state index is 13.0. The number of hydrogen-bond donors (Lipinski definition) is 0. The molecule has 22 heavy (non-hydrogen) atoms. The van der Waals surface area contributed by atoms with Gasteiger partial charge in [0.05, 0.1) is 13.2 Å². The van der Waals surface area contributed by atoms with E-state index >= 15 is 0 Å². The summed E-state index contributed by atoms with van der Waals surface area (Å²) in [6.07, 6.45) is 1.22. The molecule has 7 heteroatoms. The molecule has 118 valence electrons. The minimum Gasteiger partial charge on any atom is -0.383 e. The fraction of sp³-hybridized carbons (Fsp3) is 0.400. The maximum Gasteiger partial charge on any atom is 0.228 e. The zero-order valence-electron chi connectivity index (χ0n) is 12.6. The van der Waals surface area contributed by atoms with Gasteiger partial charge in [0.1, 0.15) is 10.8 Å². The minimum absolute atomic E-state index is 0.00126. The van der Waals surface area contributed by atoms with Crippen LogP contribution in [0.15, 0.2) is 24.3 Å². The Morgan fingerprint density at radius 3 is 2.68 bits per heavy atom. The van der Waals surface area contributed by atoms with E-state index in [1.54, 1.807) is 24.1 Å². The van der Waals surface area contributed by atoms with E-state index in [9.17, 15) is 9.18 Å². The van der Waals surface area contributed by atoms with Gasteiger partial charge < -0.3 is 4.74 Å². The number of halogens is 1. The summed E-state index contributed by atoms with van der Waals surface area (Å²) < 4.78 is 18.0. The van der Waals surface area contributed by atoms with Crippen LogP contribution in [-0.2, 0) is 9.53 Å². The molecule has 1 amide bonds. The summed E-state index contributed by atoms with van der Waals surface area (Å²) in [5, 5.41) is 9.39. The second kappa shape index (κ2) is 7.95. The molecular formula is C15H18FN3O2S. The van der Waals surface area contributed by atoms with E-state index in [-0.39, 0.29) is 11.7 Å². The second-order valence-corrected chi connectivity index (χ2v) is 5.64. The zero-order chi connectivity index (χ0) is 15.9. The van der Waals surface area contributed by atoms with Crippen molar-refractivity contribution in [2.75, 3.05) is 25.2 Å². The lowest BCUT2D eigenvalue weighted by Crippen LogP contribution is -2.33. The van der Waals surface area contributed by atoms with Crippen LogP contribution in [0.3, 0.4) is 0 Å². The number of anilines is 1. The maximum absolute atomic E-state index is 13.0. The lowest BCUT2D eigenvalue weighted by atomic mass is 10.2. The van der Waals surface area contributed by atoms with Crippen LogP contribution in [0.4, 0.5) is 9.52 Å². The number of methoxy groups -OCH3 is 1. The first-order valence-corrected chi connectivity index (χ1v) is 7.86. The van der Waals surface area contributed by atoms with Crippen molar-refractivity contribution in [3.05, 3.63) is 30.1 Å². The highest BCUT2D eigenvalue weighted by atomic mass is 32.1. The molecule has 0 atom stereocenters. The topological polar surface area (TPSA) is 55.3 Å². The van der Waals surface area contributed by atoms with E-state index in [0.717, 1.165) is 12.0 Å². The molecule has 1 aromatic carbocycles. The summed E-state index contributed by atoms with van der Waals surface area (Å²) in [6, 6.07) is 6.04. The van der Waals surface area contributed by atoms with E-state index < -0.39 is 0 Å². The van der Waals surface area contributed by atoms with Gasteiger partial charge in [0, 0.05) is 19.1 Å². The Morgan fingerprint density at radius 1 is 1.32 bits per heavy atom. The SMILES string of the molecule is CCCC(=O)N(CCOC)c1nnc(-c2ccc(F)cc2)s1. The number of carbonyl (C=O) groups excluding carboxylic acids is 1. The number of ether oxygens (including phenoxy) is 1. The van der Waals surface area contributed by atoms with Gasteiger partial charge in [0.15, 0.2) is 0 Å². The molecule has 0 saturated heterocycles. The molecule has 0 aliphatic carbocycles. The standard InChI is InChI=1S/C15H18FN3O2S/c1-3-4-13(20)19(9-10-21-2)15-18-17-14(22-15)11-5-7-12(16)8-6-11/h5-8H,3-4,9-10H2,1-2H3. The fourth-order valence-corrected chi connectivity index (χ4v) is 2.79. The highest BCUT2D eigenvalue weighted by Crippen LogP contribution is 2.29. The van der Waals surface area contributed by atoms with Crippen molar-refractivity contribution >= 4 is 22.4 Å². The van der Waals surface area contributed by atoms with Gasteiger partial charge in [0.25, 0.3) is 0 Å². The van der Waals surface area contributed by atoms with Gasteiger partial charge in [-0.1, -0.05) is 18.3 Å². The first-order chi connectivity index (χ1) is 10.7. The molecule has 0 bridgehead atoms.